The molecule has 3 unspecified atom stereocenters. The lowest BCUT2D eigenvalue weighted by Gasteiger charge is -2.49. The Morgan fingerprint density at radius 1 is 1.25 bits per heavy atom. The van der Waals surface area contributed by atoms with Crippen molar-refractivity contribution in [2.75, 3.05) is 6.61 Å². The molecular formula is C23H30O. The lowest BCUT2D eigenvalue weighted by atomic mass is 9.55. The average Bonchev–Trinajstić information content (AvgIpc) is 2.89. The van der Waals surface area contributed by atoms with Crippen molar-refractivity contribution in [2.24, 2.45) is 17.3 Å². The fourth-order valence-electron chi connectivity index (χ4n) is 5.97. The first-order valence-electron chi connectivity index (χ1n) is 9.68. The van der Waals surface area contributed by atoms with E-state index in [1.54, 1.807) is 5.56 Å². The standard InChI is InChI=1S/C23H30O/c1-5-16-13-17-8-9-19-18(20(17)14-22(16)24-6-2)11-12-23(4)15(3)7-10-21(19)23/h5,13-14,18-19,21H,1,3,6-12H2,2,4H3/t18?,19?,21?,23-/m1/s1. The van der Waals surface area contributed by atoms with Gasteiger partial charge in [-0.05, 0) is 91.9 Å². The van der Waals surface area contributed by atoms with Crippen molar-refractivity contribution >= 4 is 6.08 Å². The number of hydrogen-bond donors (Lipinski definition) is 0. The van der Waals surface area contributed by atoms with Crippen LogP contribution >= 0.6 is 0 Å². The van der Waals surface area contributed by atoms with E-state index in [0.717, 1.165) is 29.1 Å². The van der Waals surface area contributed by atoms with E-state index in [1.807, 2.05) is 6.08 Å². The van der Waals surface area contributed by atoms with Crippen molar-refractivity contribution < 1.29 is 4.74 Å². The lowest BCUT2D eigenvalue weighted by molar-refractivity contribution is 0.0815. The van der Waals surface area contributed by atoms with Gasteiger partial charge in [-0.3, -0.25) is 0 Å². The second-order valence-electron chi connectivity index (χ2n) is 8.24. The molecule has 3 aliphatic carbocycles. The summed E-state index contributed by atoms with van der Waals surface area (Å²) < 4.78 is 5.91. The largest absolute Gasteiger partial charge is 0.493 e. The molecule has 1 aromatic rings. The summed E-state index contributed by atoms with van der Waals surface area (Å²) in [7, 11) is 0. The zero-order valence-corrected chi connectivity index (χ0v) is 15.2. The van der Waals surface area contributed by atoms with Crippen LogP contribution in [0.2, 0.25) is 0 Å². The Balaban J connectivity index is 1.73. The molecule has 0 spiro atoms. The maximum Gasteiger partial charge on any atom is 0.126 e. The Labute approximate surface area is 146 Å². The molecule has 128 valence electrons. The van der Waals surface area contributed by atoms with Crippen LogP contribution in [0.5, 0.6) is 5.75 Å². The maximum absolute atomic E-state index is 5.91. The third-order valence-electron chi connectivity index (χ3n) is 7.33. The molecule has 3 aliphatic rings. The zero-order chi connectivity index (χ0) is 16.9. The minimum absolute atomic E-state index is 0.405. The zero-order valence-electron chi connectivity index (χ0n) is 15.2. The molecule has 1 nitrogen and oxygen atoms in total. The molecule has 1 heteroatoms. The summed E-state index contributed by atoms with van der Waals surface area (Å²) >= 11 is 0. The topological polar surface area (TPSA) is 9.23 Å². The summed E-state index contributed by atoms with van der Waals surface area (Å²) in [6.45, 7) is 13.7. The van der Waals surface area contributed by atoms with Crippen molar-refractivity contribution in [2.45, 2.75) is 58.3 Å². The van der Waals surface area contributed by atoms with Gasteiger partial charge in [-0.2, -0.15) is 0 Å². The predicted molar refractivity (Wildman–Crippen MR) is 101 cm³/mol. The van der Waals surface area contributed by atoms with Gasteiger partial charge in [0.05, 0.1) is 6.61 Å². The van der Waals surface area contributed by atoms with Crippen LogP contribution in [-0.2, 0) is 6.42 Å². The van der Waals surface area contributed by atoms with Crippen LogP contribution in [0.3, 0.4) is 0 Å². The highest BCUT2D eigenvalue weighted by Crippen LogP contribution is 2.62. The molecule has 4 rings (SSSR count). The van der Waals surface area contributed by atoms with Gasteiger partial charge in [-0.15, -0.1) is 0 Å². The molecule has 2 fully saturated rings. The number of fused-ring (bicyclic) bond motifs is 5. The van der Waals surface area contributed by atoms with Gasteiger partial charge in [0.25, 0.3) is 0 Å². The summed E-state index contributed by atoms with van der Waals surface area (Å²) in [5, 5.41) is 0. The van der Waals surface area contributed by atoms with Gasteiger partial charge >= 0.3 is 0 Å². The molecule has 0 aliphatic heterocycles. The predicted octanol–water partition coefficient (Wildman–Crippen LogP) is 6.14. The molecule has 0 aromatic heterocycles. The molecule has 0 amide bonds. The number of benzene rings is 1. The third kappa shape index (κ3) is 2.20. The molecule has 0 bridgehead atoms. The average molecular weight is 322 g/mol. The van der Waals surface area contributed by atoms with Gasteiger partial charge in [0.2, 0.25) is 0 Å². The van der Waals surface area contributed by atoms with Crippen molar-refractivity contribution in [3.8, 4) is 5.75 Å². The summed E-state index contributed by atoms with van der Waals surface area (Å²) in [6, 6.07) is 4.68. The van der Waals surface area contributed by atoms with E-state index in [0.29, 0.717) is 12.0 Å². The van der Waals surface area contributed by atoms with Crippen molar-refractivity contribution in [1.29, 1.82) is 0 Å². The molecule has 24 heavy (non-hydrogen) atoms. The summed E-state index contributed by atoms with van der Waals surface area (Å²) in [4.78, 5) is 0. The van der Waals surface area contributed by atoms with E-state index in [4.69, 9.17) is 4.74 Å². The second-order valence-corrected chi connectivity index (χ2v) is 8.24. The second kappa shape index (κ2) is 5.79. The Morgan fingerprint density at radius 2 is 2.08 bits per heavy atom. The first-order valence-corrected chi connectivity index (χ1v) is 9.68. The molecule has 4 atom stereocenters. The fourth-order valence-corrected chi connectivity index (χ4v) is 5.97. The van der Waals surface area contributed by atoms with Crippen molar-refractivity contribution in [3.63, 3.8) is 0 Å². The van der Waals surface area contributed by atoms with Gasteiger partial charge in [0, 0.05) is 5.56 Å². The van der Waals surface area contributed by atoms with Gasteiger partial charge in [-0.25, -0.2) is 0 Å². The number of hydrogen-bond acceptors (Lipinski definition) is 1. The number of ether oxygens (including phenoxy) is 1. The number of aryl methyl sites for hydroxylation is 1. The van der Waals surface area contributed by atoms with Crippen LogP contribution in [0.15, 0.2) is 30.9 Å². The Hall–Kier alpha value is -1.50. The van der Waals surface area contributed by atoms with E-state index in [9.17, 15) is 0 Å². The van der Waals surface area contributed by atoms with E-state index in [1.165, 1.54) is 49.7 Å². The Bertz CT molecular complexity index is 686. The smallest absolute Gasteiger partial charge is 0.126 e. The van der Waals surface area contributed by atoms with Gasteiger partial charge in [-0.1, -0.05) is 31.7 Å². The molecule has 0 heterocycles. The van der Waals surface area contributed by atoms with Gasteiger partial charge in [0.1, 0.15) is 5.75 Å². The molecule has 0 radical (unpaired) electrons. The van der Waals surface area contributed by atoms with Crippen LogP contribution < -0.4 is 4.74 Å². The maximum atomic E-state index is 5.91. The monoisotopic (exact) mass is 322 g/mol. The van der Waals surface area contributed by atoms with Crippen molar-refractivity contribution in [1.82, 2.24) is 0 Å². The van der Waals surface area contributed by atoms with E-state index in [2.05, 4.69) is 39.1 Å². The first kappa shape index (κ1) is 16.0. The quantitative estimate of drug-likeness (QED) is 0.607. The molecule has 0 saturated heterocycles. The SMILES string of the molecule is C=Cc1cc2c(cc1OCC)C1CC[C@]3(C)C(=C)CCC3C1CC2. The number of allylic oxidation sites excluding steroid dienone is 1. The van der Waals surface area contributed by atoms with Crippen LogP contribution in [0.25, 0.3) is 6.08 Å². The van der Waals surface area contributed by atoms with E-state index >= 15 is 0 Å². The minimum atomic E-state index is 0.405. The highest BCUT2D eigenvalue weighted by atomic mass is 16.5. The third-order valence-corrected chi connectivity index (χ3v) is 7.33. The molecule has 2 saturated carbocycles. The Kier molecular flexibility index (Phi) is 3.86. The normalized spacial score (nSPS) is 34.2. The van der Waals surface area contributed by atoms with Crippen LogP contribution in [0, 0.1) is 17.3 Å². The highest BCUT2D eigenvalue weighted by molar-refractivity contribution is 5.60. The molecule has 0 N–H and O–H groups in total. The molecular weight excluding hydrogens is 292 g/mol. The Morgan fingerprint density at radius 3 is 2.83 bits per heavy atom. The highest BCUT2D eigenvalue weighted by Gasteiger charge is 2.51. The lowest BCUT2D eigenvalue weighted by Crippen LogP contribution is -2.40. The van der Waals surface area contributed by atoms with Crippen LogP contribution in [-0.4, -0.2) is 6.61 Å². The van der Waals surface area contributed by atoms with Crippen molar-refractivity contribution in [3.05, 3.63) is 47.6 Å². The van der Waals surface area contributed by atoms with E-state index < -0.39 is 0 Å². The summed E-state index contributed by atoms with van der Waals surface area (Å²) in [5.41, 5.74) is 6.19. The van der Waals surface area contributed by atoms with Crippen LogP contribution in [0.1, 0.15) is 68.6 Å². The summed E-state index contributed by atoms with van der Waals surface area (Å²) in [5.74, 6) is 3.41. The first-order chi connectivity index (χ1) is 11.6. The summed E-state index contributed by atoms with van der Waals surface area (Å²) in [6.07, 6.45) is 9.72. The fraction of sp³-hybridized carbons (Fsp3) is 0.565. The molecule has 1 aromatic carbocycles. The minimum Gasteiger partial charge on any atom is -0.493 e. The van der Waals surface area contributed by atoms with Crippen LogP contribution in [0.4, 0.5) is 0 Å². The van der Waals surface area contributed by atoms with Gasteiger partial charge in [0.15, 0.2) is 0 Å². The van der Waals surface area contributed by atoms with Gasteiger partial charge < -0.3 is 4.74 Å². The number of rotatable bonds is 3. The van der Waals surface area contributed by atoms with E-state index in [-0.39, 0.29) is 0 Å².